The molecule has 0 saturated carbocycles. The maximum absolute atomic E-state index is 5.07. The van der Waals surface area contributed by atoms with E-state index in [1.165, 1.54) is 5.69 Å². The Balaban J connectivity index is 2.47. The van der Waals surface area contributed by atoms with Crippen molar-refractivity contribution in [3.05, 3.63) is 18.0 Å². The third-order valence-electron chi connectivity index (χ3n) is 4.14. The van der Waals surface area contributed by atoms with Crippen LogP contribution in [0.1, 0.15) is 52.3 Å². The first-order valence-electron chi connectivity index (χ1n) is 7.88. The van der Waals surface area contributed by atoms with Gasteiger partial charge < -0.3 is 10.1 Å². The zero-order valence-electron chi connectivity index (χ0n) is 13.7. The van der Waals surface area contributed by atoms with Crippen molar-refractivity contribution in [2.75, 3.05) is 20.3 Å². The van der Waals surface area contributed by atoms with Gasteiger partial charge in [0.05, 0.1) is 18.3 Å². The number of rotatable bonds is 10. The quantitative estimate of drug-likeness (QED) is 0.670. The molecule has 2 unspecified atom stereocenters. The first-order chi connectivity index (χ1) is 9.62. The van der Waals surface area contributed by atoms with Gasteiger partial charge >= 0.3 is 0 Å². The maximum Gasteiger partial charge on any atom is 0.0627 e. The minimum Gasteiger partial charge on any atom is -0.383 e. The maximum atomic E-state index is 5.07. The van der Waals surface area contributed by atoms with Crippen molar-refractivity contribution in [1.82, 2.24) is 15.1 Å². The third kappa shape index (κ3) is 5.25. The van der Waals surface area contributed by atoms with Crippen molar-refractivity contribution >= 4 is 0 Å². The summed E-state index contributed by atoms with van der Waals surface area (Å²) in [5, 5.41) is 8.23. The Hall–Kier alpha value is -0.870. The van der Waals surface area contributed by atoms with Crippen LogP contribution in [0.5, 0.6) is 0 Å². The van der Waals surface area contributed by atoms with Gasteiger partial charge in [0.1, 0.15) is 0 Å². The summed E-state index contributed by atoms with van der Waals surface area (Å²) in [5.41, 5.74) is 1.20. The van der Waals surface area contributed by atoms with E-state index in [0.29, 0.717) is 18.0 Å². The van der Waals surface area contributed by atoms with E-state index >= 15 is 0 Å². The van der Waals surface area contributed by atoms with Crippen LogP contribution in [-0.2, 0) is 11.2 Å². The zero-order valence-corrected chi connectivity index (χ0v) is 13.7. The number of ether oxygens (including phenoxy) is 1. The van der Waals surface area contributed by atoms with Crippen molar-refractivity contribution in [2.24, 2.45) is 5.92 Å². The van der Waals surface area contributed by atoms with Crippen LogP contribution in [0.15, 0.2) is 12.3 Å². The highest BCUT2D eigenvalue weighted by molar-refractivity contribution is 5.01. The largest absolute Gasteiger partial charge is 0.383 e. The van der Waals surface area contributed by atoms with Crippen LogP contribution in [0.2, 0.25) is 0 Å². The summed E-state index contributed by atoms with van der Waals surface area (Å²) < 4.78 is 7.20. The van der Waals surface area contributed by atoms with Gasteiger partial charge in [0.2, 0.25) is 0 Å². The van der Waals surface area contributed by atoms with Crippen LogP contribution in [0, 0.1) is 5.92 Å². The Morgan fingerprint density at radius 1 is 1.30 bits per heavy atom. The van der Waals surface area contributed by atoms with Crippen molar-refractivity contribution < 1.29 is 4.74 Å². The van der Waals surface area contributed by atoms with Gasteiger partial charge in [-0.3, -0.25) is 4.68 Å². The first-order valence-corrected chi connectivity index (χ1v) is 7.88. The molecule has 116 valence electrons. The van der Waals surface area contributed by atoms with Gasteiger partial charge in [-0.25, -0.2) is 0 Å². The molecule has 1 rings (SSSR count). The summed E-state index contributed by atoms with van der Waals surface area (Å²) in [6, 6.07) is 3.18. The fourth-order valence-electron chi connectivity index (χ4n) is 2.45. The van der Waals surface area contributed by atoms with Gasteiger partial charge in [0.25, 0.3) is 0 Å². The third-order valence-corrected chi connectivity index (χ3v) is 4.14. The molecular formula is C16H31N3O. The fraction of sp³-hybridized carbons (Fsp3) is 0.812. The summed E-state index contributed by atoms with van der Waals surface area (Å²) in [6.07, 6.45) is 5.43. The fourth-order valence-corrected chi connectivity index (χ4v) is 2.45. The van der Waals surface area contributed by atoms with Crippen molar-refractivity contribution in [1.29, 1.82) is 0 Å². The molecule has 0 amide bonds. The predicted molar refractivity (Wildman–Crippen MR) is 84.1 cm³/mol. The molecule has 0 aliphatic rings. The Labute approximate surface area is 123 Å². The summed E-state index contributed by atoms with van der Waals surface area (Å²) >= 11 is 0. The molecule has 0 radical (unpaired) electrons. The first kappa shape index (κ1) is 17.2. The number of nitrogens with zero attached hydrogens (tertiary/aromatic N) is 2. The molecule has 1 N–H and O–H groups in total. The van der Waals surface area contributed by atoms with E-state index in [2.05, 4.69) is 50.0 Å². The summed E-state index contributed by atoms with van der Waals surface area (Å²) in [7, 11) is 1.74. The second-order valence-electron chi connectivity index (χ2n) is 5.67. The minimum absolute atomic E-state index is 0.475. The van der Waals surface area contributed by atoms with Crippen LogP contribution in [0.4, 0.5) is 0 Å². The van der Waals surface area contributed by atoms with E-state index < -0.39 is 0 Å². The SMILES string of the molecule is CCC(CC)n1ccc(CC(C)C(C)NCCOC)n1. The molecule has 1 aromatic heterocycles. The Morgan fingerprint density at radius 3 is 2.60 bits per heavy atom. The van der Waals surface area contributed by atoms with Gasteiger partial charge in [0, 0.05) is 25.9 Å². The second-order valence-corrected chi connectivity index (χ2v) is 5.67. The van der Waals surface area contributed by atoms with Crippen molar-refractivity contribution in [3.63, 3.8) is 0 Å². The lowest BCUT2D eigenvalue weighted by Gasteiger charge is -2.20. The lowest BCUT2D eigenvalue weighted by atomic mass is 9.98. The molecule has 20 heavy (non-hydrogen) atoms. The predicted octanol–water partition coefficient (Wildman–Crippen LogP) is 3.05. The van der Waals surface area contributed by atoms with Crippen molar-refractivity contribution in [2.45, 2.75) is 59.0 Å². The Bertz CT molecular complexity index is 360. The molecule has 0 bridgehead atoms. The molecule has 0 aromatic carbocycles. The van der Waals surface area contributed by atoms with E-state index in [-0.39, 0.29) is 0 Å². The average molecular weight is 281 g/mol. The van der Waals surface area contributed by atoms with E-state index in [0.717, 1.165) is 32.4 Å². The normalized spacial score (nSPS) is 14.7. The standard InChI is InChI=1S/C16H31N3O/c1-6-16(7-2)19-10-8-15(18-19)12-13(3)14(4)17-9-11-20-5/h8,10,13-14,16-17H,6-7,9,11-12H2,1-5H3. The monoisotopic (exact) mass is 281 g/mol. The lowest BCUT2D eigenvalue weighted by Crippen LogP contribution is -2.35. The van der Waals surface area contributed by atoms with Gasteiger partial charge in [-0.05, 0) is 38.2 Å². The summed E-state index contributed by atoms with van der Waals surface area (Å²) in [4.78, 5) is 0. The Morgan fingerprint density at radius 2 is 2.00 bits per heavy atom. The molecule has 4 heteroatoms. The molecule has 1 heterocycles. The summed E-state index contributed by atoms with van der Waals surface area (Å²) in [5.74, 6) is 0.567. The topological polar surface area (TPSA) is 39.1 Å². The summed E-state index contributed by atoms with van der Waals surface area (Å²) in [6.45, 7) is 10.6. The van der Waals surface area contributed by atoms with Gasteiger partial charge in [0.15, 0.2) is 0 Å². The molecule has 0 aliphatic heterocycles. The number of hydrogen-bond donors (Lipinski definition) is 1. The average Bonchev–Trinajstić information content (AvgIpc) is 2.88. The molecule has 1 aromatic rings. The van der Waals surface area contributed by atoms with Crippen LogP contribution < -0.4 is 5.32 Å². The highest BCUT2D eigenvalue weighted by Gasteiger charge is 2.15. The van der Waals surface area contributed by atoms with Crippen LogP contribution in [0.25, 0.3) is 0 Å². The lowest BCUT2D eigenvalue weighted by molar-refractivity contribution is 0.192. The van der Waals surface area contributed by atoms with Crippen LogP contribution in [0.3, 0.4) is 0 Å². The zero-order chi connectivity index (χ0) is 15.0. The van der Waals surface area contributed by atoms with E-state index in [9.17, 15) is 0 Å². The van der Waals surface area contributed by atoms with Crippen molar-refractivity contribution in [3.8, 4) is 0 Å². The van der Waals surface area contributed by atoms with E-state index in [1.54, 1.807) is 7.11 Å². The van der Waals surface area contributed by atoms with Crippen LogP contribution >= 0.6 is 0 Å². The number of nitrogens with one attached hydrogen (secondary N) is 1. The van der Waals surface area contributed by atoms with Crippen LogP contribution in [-0.4, -0.2) is 36.1 Å². The molecular weight excluding hydrogens is 250 g/mol. The van der Waals surface area contributed by atoms with Gasteiger partial charge in [-0.1, -0.05) is 20.8 Å². The molecule has 4 nitrogen and oxygen atoms in total. The second kappa shape index (κ2) is 9.14. The molecule has 2 atom stereocenters. The van der Waals surface area contributed by atoms with Gasteiger partial charge in [-0.2, -0.15) is 5.10 Å². The smallest absolute Gasteiger partial charge is 0.0627 e. The van der Waals surface area contributed by atoms with Gasteiger partial charge in [-0.15, -0.1) is 0 Å². The molecule has 0 saturated heterocycles. The number of aromatic nitrogens is 2. The molecule has 0 aliphatic carbocycles. The minimum atomic E-state index is 0.475. The number of methoxy groups -OCH3 is 1. The highest BCUT2D eigenvalue weighted by atomic mass is 16.5. The van der Waals surface area contributed by atoms with E-state index in [4.69, 9.17) is 9.84 Å². The number of hydrogen-bond acceptors (Lipinski definition) is 3. The highest BCUT2D eigenvalue weighted by Crippen LogP contribution is 2.16. The molecule has 0 fully saturated rings. The Kier molecular flexibility index (Phi) is 7.85. The molecule has 0 spiro atoms. The van der Waals surface area contributed by atoms with E-state index in [1.807, 2.05) is 0 Å².